The van der Waals surface area contributed by atoms with E-state index in [1.54, 1.807) is 24.2 Å². The van der Waals surface area contributed by atoms with Crippen LogP contribution in [0.4, 0.5) is 5.69 Å². The summed E-state index contributed by atoms with van der Waals surface area (Å²) in [5.41, 5.74) is 1.62. The van der Waals surface area contributed by atoms with Crippen molar-refractivity contribution in [1.29, 1.82) is 0 Å². The number of carbonyl (C=O) groups excluding carboxylic acids is 1. The smallest absolute Gasteiger partial charge is 0.226 e. The van der Waals surface area contributed by atoms with Crippen LogP contribution < -0.4 is 5.32 Å². The number of hydrogen-bond acceptors (Lipinski definition) is 3. The van der Waals surface area contributed by atoms with Crippen LogP contribution in [0.15, 0.2) is 36.7 Å². The van der Waals surface area contributed by atoms with Gasteiger partial charge in [-0.3, -0.25) is 4.79 Å². The standard InChI is InChI=1S/C13H14ClN3O2/c1-19-7-6-13(18)16-11-2-4-12(5-3-11)17-9-10(14)8-15-17/h2-5,8-9H,6-7H2,1H3,(H,16,18). The highest BCUT2D eigenvalue weighted by molar-refractivity contribution is 6.30. The second kappa shape index (κ2) is 6.36. The molecule has 0 unspecified atom stereocenters. The lowest BCUT2D eigenvalue weighted by Crippen LogP contribution is -2.13. The van der Waals surface area contributed by atoms with Crippen molar-refractivity contribution in [2.75, 3.05) is 19.0 Å². The fourth-order valence-corrected chi connectivity index (χ4v) is 1.69. The highest BCUT2D eigenvalue weighted by Gasteiger charge is 2.03. The molecule has 19 heavy (non-hydrogen) atoms. The Balaban J connectivity index is 2.00. The third-order valence-corrected chi connectivity index (χ3v) is 2.70. The molecule has 6 heteroatoms. The van der Waals surface area contributed by atoms with Crippen molar-refractivity contribution < 1.29 is 9.53 Å². The summed E-state index contributed by atoms with van der Waals surface area (Å²) >= 11 is 5.81. The number of benzene rings is 1. The first kappa shape index (κ1) is 13.6. The van der Waals surface area contributed by atoms with Crippen LogP contribution in [0, 0.1) is 0 Å². The second-order valence-electron chi connectivity index (χ2n) is 3.94. The molecule has 100 valence electrons. The van der Waals surface area contributed by atoms with Gasteiger partial charge >= 0.3 is 0 Å². The summed E-state index contributed by atoms with van der Waals surface area (Å²) in [6, 6.07) is 7.34. The number of rotatable bonds is 5. The molecular weight excluding hydrogens is 266 g/mol. The van der Waals surface area contributed by atoms with Crippen molar-refractivity contribution in [3.8, 4) is 5.69 Å². The van der Waals surface area contributed by atoms with Crippen LogP contribution in [-0.4, -0.2) is 29.4 Å². The molecule has 0 fully saturated rings. The molecule has 1 N–H and O–H groups in total. The number of halogens is 1. The van der Waals surface area contributed by atoms with E-state index in [1.165, 1.54) is 0 Å². The van der Waals surface area contributed by atoms with Crippen molar-refractivity contribution in [3.63, 3.8) is 0 Å². The van der Waals surface area contributed by atoms with E-state index < -0.39 is 0 Å². The molecule has 2 aromatic rings. The summed E-state index contributed by atoms with van der Waals surface area (Å²) in [5.74, 6) is -0.0725. The maximum Gasteiger partial charge on any atom is 0.226 e. The third-order valence-electron chi connectivity index (χ3n) is 2.50. The van der Waals surface area contributed by atoms with Crippen molar-refractivity contribution >= 4 is 23.2 Å². The molecule has 1 aromatic heterocycles. The normalized spacial score (nSPS) is 10.4. The fourth-order valence-electron chi connectivity index (χ4n) is 1.56. The molecule has 0 saturated carbocycles. The lowest BCUT2D eigenvalue weighted by molar-refractivity contribution is -0.117. The zero-order valence-electron chi connectivity index (χ0n) is 10.5. The van der Waals surface area contributed by atoms with Gasteiger partial charge in [0.1, 0.15) is 0 Å². The number of anilines is 1. The van der Waals surface area contributed by atoms with E-state index in [9.17, 15) is 4.79 Å². The maximum atomic E-state index is 11.5. The van der Waals surface area contributed by atoms with E-state index in [4.69, 9.17) is 16.3 Å². The summed E-state index contributed by atoms with van der Waals surface area (Å²) in [6.45, 7) is 0.412. The maximum absolute atomic E-state index is 11.5. The lowest BCUT2D eigenvalue weighted by Gasteiger charge is -2.06. The van der Waals surface area contributed by atoms with Crippen LogP contribution in [0.2, 0.25) is 5.02 Å². The summed E-state index contributed by atoms with van der Waals surface area (Å²) < 4.78 is 6.51. The van der Waals surface area contributed by atoms with Gasteiger partial charge in [0.2, 0.25) is 5.91 Å². The predicted molar refractivity (Wildman–Crippen MR) is 73.7 cm³/mol. The molecule has 0 atom stereocenters. The molecule has 0 aliphatic rings. The Morgan fingerprint density at radius 2 is 2.16 bits per heavy atom. The van der Waals surface area contributed by atoms with E-state index in [0.29, 0.717) is 18.1 Å². The van der Waals surface area contributed by atoms with Gasteiger partial charge in [-0.1, -0.05) is 11.6 Å². The van der Waals surface area contributed by atoms with E-state index in [-0.39, 0.29) is 5.91 Å². The SMILES string of the molecule is COCCC(=O)Nc1ccc(-n2cc(Cl)cn2)cc1. The average Bonchev–Trinajstić information content (AvgIpc) is 2.84. The second-order valence-corrected chi connectivity index (χ2v) is 4.38. The molecule has 1 heterocycles. The number of ether oxygens (including phenoxy) is 1. The minimum absolute atomic E-state index is 0.0725. The number of methoxy groups -OCH3 is 1. The first-order chi connectivity index (χ1) is 9.19. The minimum Gasteiger partial charge on any atom is -0.384 e. The zero-order chi connectivity index (χ0) is 13.7. The summed E-state index contributed by atoms with van der Waals surface area (Å²) in [6.07, 6.45) is 3.63. The van der Waals surface area contributed by atoms with Crippen molar-refractivity contribution in [3.05, 3.63) is 41.7 Å². The molecule has 0 saturated heterocycles. The van der Waals surface area contributed by atoms with Gasteiger partial charge in [-0.15, -0.1) is 0 Å². The van der Waals surface area contributed by atoms with Gasteiger partial charge in [0.25, 0.3) is 0 Å². The van der Waals surface area contributed by atoms with Crippen LogP contribution in [-0.2, 0) is 9.53 Å². The molecule has 0 radical (unpaired) electrons. The highest BCUT2D eigenvalue weighted by atomic mass is 35.5. The first-order valence-corrected chi connectivity index (χ1v) is 6.16. The Morgan fingerprint density at radius 3 is 2.74 bits per heavy atom. The van der Waals surface area contributed by atoms with Crippen LogP contribution in [0.25, 0.3) is 5.69 Å². The predicted octanol–water partition coefficient (Wildman–Crippen LogP) is 2.50. The Morgan fingerprint density at radius 1 is 1.42 bits per heavy atom. The molecule has 1 aromatic carbocycles. The third kappa shape index (κ3) is 3.81. The molecule has 0 aliphatic heterocycles. The molecule has 1 amide bonds. The topological polar surface area (TPSA) is 56.1 Å². The van der Waals surface area contributed by atoms with Gasteiger partial charge in [-0.2, -0.15) is 5.10 Å². The fraction of sp³-hybridized carbons (Fsp3) is 0.231. The largest absolute Gasteiger partial charge is 0.384 e. The number of aromatic nitrogens is 2. The van der Waals surface area contributed by atoms with E-state index in [2.05, 4.69) is 10.4 Å². The first-order valence-electron chi connectivity index (χ1n) is 5.78. The summed E-state index contributed by atoms with van der Waals surface area (Å²) in [7, 11) is 1.57. The van der Waals surface area contributed by atoms with Gasteiger partial charge in [0.05, 0.1) is 29.9 Å². The molecule has 0 bridgehead atoms. The van der Waals surface area contributed by atoms with Crippen LogP contribution in [0.1, 0.15) is 6.42 Å². The Hall–Kier alpha value is -1.85. The average molecular weight is 280 g/mol. The number of nitrogens with zero attached hydrogens (tertiary/aromatic N) is 2. The molecular formula is C13H14ClN3O2. The van der Waals surface area contributed by atoms with E-state index >= 15 is 0 Å². The molecule has 5 nitrogen and oxygen atoms in total. The van der Waals surface area contributed by atoms with Gasteiger partial charge in [0.15, 0.2) is 0 Å². The summed E-state index contributed by atoms with van der Waals surface area (Å²) in [4.78, 5) is 11.5. The van der Waals surface area contributed by atoms with Crippen LogP contribution in [0.3, 0.4) is 0 Å². The monoisotopic (exact) mass is 279 g/mol. The summed E-state index contributed by atoms with van der Waals surface area (Å²) in [5, 5.41) is 7.46. The Labute approximate surface area is 116 Å². The number of nitrogens with one attached hydrogen (secondary N) is 1. The number of amides is 1. The van der Waals surface area contributed by atoms with Crippen molar-refractivity contribution in [2.45, 2.75) is 6.42 Å². The quantitative estimate of drug-likeness (QED) is 0.915. The van der Waals surface area contributed by atoms with E-state index in [0.717, 1.165) is 11.4 Å². The van der Waals surface area contributed by atoms with Gasteiger partial charge < -0.3 is 10.1 Å². The van der Waals surface area contributed by atoms with E-state index in [1.807, 2.05) is 24.3 Å². The Kier molecular flexibility index (Phi) is 4.54. The number of carbonyl (C=O) groups is 1. The van der Waals surface area contributed by atoms with Crippen molar-refractivity contribution in [2.24, 2.45) is 0 Å². The zero-order valence-corrected chi connectivity index (χ0v) is 11.2. The Bertz CT molecular complexity index is 551. The van der Waals surface area contributed by atoms with Gasteiger partial charge in [-0.05, 0) is 24.3 Å². The highest BCUT2D eigenvalue weighted by Crippen LogP contribution is 2.15. The van der Waals surface area contributed by atoms with Gasteiger partial charge in [0, 0.05) is 19.0 Å². The molecule has 0 aliphatic carbocycles. The minimum atomic E-state index is -0.0725. The molecule has 0 spiro atoms. The van der Waals surface area contributed by atoms with Gasteiger partial charge in [-0.25, -0.2) is 4.68 Å². The van der Waals surface area contributed by atoms with Crippen molar-refractivity contribution in [1.82, 2.24) is 9.78 Å². The van der Waals surface area contributed by atoms with Crippen LogP contribution >= 0.6 is 11.6 Å². The molecule has 2 rings (SSSR count). The van der Waals surface area contributed by atoms with Crippen LogP contribution in [0.5, 0.6) is 0 Å². The lowest BCUT2D eigenvalue weighted by atomic mass is 10.2. The number of hydrogen-bond donors (Lipinski definition) is 1.